The average molecular weight is 411 g/mol. The predicted molar refractivity (Wildman–Crippen MR) is 109 cm³/mol. The van der Waals surface area contributed by atoms with Gasteiger partial charge in [0.2, 0.25) is 0 Å². The van der Waals surface area contributed by atoms with E-state index in [9.17, 15) is 9.59 Å². The van der Waals surface area contributed by atoms with E-state index in [-0.39, 0.29) is 36.4 Å². The number of carbonyl (C=O) groups excluding carboxylic acids is 1. The molecular weight excluding hydrogens is 387 g/mol. The molecule has 1 N–H and O–H groups in total. The molecule has 27 heavy (non-hydrogen) atoms. The smallest absolute Gasteiger partial charge is 0.337 e. The normalized spacial score (nSPS) is 24.1. The molecule has 0 unspecified atom stereocenters. The number of rotatable bonds is 2. The van der Waals surface area contributed by atoms with E-state index in [1.165, 1.54) is 5.56 Å². The maximum absolute atomic E-state index is 12.8. The first-order valence-electron chi connectivity index (χ1n) is 8.65. The van der Waals surface area contributed by atoms with Gasteiger partial charge in [-0.2, -0.15) is 4.98 Å². The van der Waals surface area contributed by atoms with Gasteiger partial charge in [-0.05, 0) is 31.5 Å². The van der Waals surface area contributed by atoms with Crippen LogP contribution in [0.25, 0.3) is 0 Å². The van der Waals surface area contributed by atoms with Crippen molar-refractivity contribution in [2.45, 2.75) is 13.0 Å². The van der Waals surface area contributed by atoms with Crippen LogP contribution in [0.4, 0.5) is 0 Å². The number of H-pyrrole nitrogens is 1. The van der Waals surface area contributed by atoms with Crippen LogP contribution in [0.2, 0.25) is 0 Å². The van der Waals surface area contributed by atoms with E-state index >= 15 is 0 Å². The summed E-state index contributed by atoms with van der Waals surface area (Å²) in [5.74, 6) is 0.736. The second kappa shape index (κ2) is 8.42. The zero-order valence-electron chi connectivity index (χ0n) is 15.3. The lowest BCUT2D eigenvalue weighted by Gasteiger charge is -2.26. The van der Waals surface area contributed by atoms with E-state index in [2.05, 4.69) is 46.2 Å². The summed E-state index contributed by atoms with van der Waals surface area (Å²) >= 11 is 0. The van der Waals surface area contributed by atoms with Gasteiger partial charge in [-0.15, -0.1) is 24.8 Å². The minimum Gasteiger partial charge on any atom is -0.337 e. The van der Waals surface area contributed by atoms with Crippen molar-refractivity contribution in [1.82, 2.24) is 19.8 Å². The molecule has 2 fully saturated rings. The summed E-state index contributed by atoms with van der Waals surface area (Å²) < 4.78 is 0. The highest BCUT2D eigenvalue weighted by Crippen LogP contribution is 2.44. The highest BCUT2D eigenvalue weighted by Gasteiger charge is 2.47. The molecule has 2 saturated heterocycles. The second-order valence-electron chi connectivity index (χ2n) is 7.18. The molecule has 146 valence electrons. The van der Waals surface area contributed by atoms with Gasteiger partial charge in [0, 0.05) is 37.3 Å². The lowest BCUT2D eigenvalue weighted by atomic mass is 9.90. The fraction of sp³-hybridized carbons (Fsp3) is 0.421. The summed E-state index contributed by atoms with van der Waals surface area (Å²) in [6, 6.07) is 12.5. The number of fused-ring (bicyclic) bond motifs is 1. The summed E-state index contributed by atoms with van der Waals surface area (Å²) in [5.41, 5.74) is 1.73. The molecule has 1 aromatic heterocycles. The fourth-order valence-corrected chi connectivity index (χ4v) is 4.43. The number of nitrogens with zero attached hydrogens (tertiary/aromatic N) is 3. The third-order valence-corrected chi connectivity index (χ3v) is 5.42. The third kappa shape index (κ3) is 4.03. The Morgan fingerprint density at radius 1 is 1.15 bits per heavy atom. The van der Waals surface area contributed by atoms with Crippen LogP contribution in [-0.2, 0) is 0 Å². The summed E-state index contributed by atoms with van der Waals surface area (Å²) in [5, 5.41) is 0. The number of likely N-dealkylation sites (tertiary alicyclic amines) is 2. The van der Waals surface area contributed by atoms with Crippen LogP contribution in [0.3, 0.4) is 0 Å². The SMILES string of the molecule is Cc1cc(C(=O)N2C[C@@H]3CN(C)[C@@H](c4ccccc4)[C@@H]3C2)nc(=O)[nH]1.Cl.Cl. The molecule has 1 aromatic carbocycles. The molecule has 1 amide bonds. The number of halogens is 2. The van der Waals surface area contributed by atoms with Crippen molar-refractivity contribution in [2.24, 2.45) is 11.8 Å². The maximum Gasteiger partial charge on any atom is 0.345 e. The Labute approximate surface area is 170 Å². The van der Waals surface area contributed by atoms with Crippen molar-refractivity contribution < 1.29 is 4.79 Å². The molecule has 0 aliphatic carbocycles. The number of aryl methyl sites for hydroxylation is 1. The van der Waals surface area contributed by atoms with Crippen LogP contribution < -0.4 is 5.69 Å². The lowest BCUT2D eigenvalue weighted by Crippen LogP contribution is -2.35. The molecule has 3 heterocycles. The molecule has 8 heteroatoms. The summed E-state index contributed by atoms with van der Waals surface area (Å²) in [4.78, 5) is 35.1. The lowest BCUT2D eigenvalue weighted by molar-refractivity contribution is 0.0761. The Balaban J connectivity index is 0.00000131. The largest absolute Gasteiger partial charge is 0.345 e. The molecule has 0 radical (unpaired) electrons. The number of amides is 1. The van der Waals surface area contributed by atoms with Crippen molar-refractivity contribution in [1.29, 1.82) is 0 Å². The van der Waals surface area contributed by atoms with Crippen LogP contribution >= 0.6 is 24.8 Å². The summed E-state index contributed by atoms with van der Waals surface area (Å²) in [7, 11) is 2.16. The standard InChI is InChI=1S/C19H22N4O2.2ClH/c1-12-8-16(21-19(25)20-12)18(24)23-10-14-9-22(2)17(15(14)11-23)13-6-4-3-5-7-13;;/h3-8,14-15,17H,9-11H2,1-2H3,(H,20,21,25);2*1H/t14-,15+,17-;;/m0../s1. The van der Waals surface area contributed by atoms with Crippen LogP contribution in [0.1, 0.15) is 27.8 Å². The Morgan fingerprint density at radius 2 is 1.85 bits per heavy atom. The number of hydrogen-bond acceptors (Lipinski definition) is 4. The van der Waals surface area contributed by atoms with E-state index in [4.69, 9.17) is 0 Å². The molecule has 2 aliphatic heterocycles. The first-order valence-corrected chi connectivity index (χ1v) is 8.65. The highest BCUT2D eigenvalue weighted by molar-refractivity contribution is 5.92. The van der Waals surface area contributed by atoms with Crippen LogP contribution in [-0.4, -0.2) is 52.4 Å². The van der Waals surface area contributed by atoms with Gasteiger partial charge in [-0.1, -0.05) is 30.3 Å². The number of hydrogen-bond donors (Lipinski definition) is 1. The van der Waals surface area contributed by atoms with Gasteiger partial charge < -0.3 is 9.88 Å². The van der Waals surface area contributed by atoms with Gasteiger partial charge in [0.15, 0.2) is 0 Å². The zero-order chi connectivity index (χ0) is 17.6. The van der Waals surface area contributed by atoms with Crippen molar-refractivity contribution in [2.75, 3.05) is 26.7 Å². The molecule has 0 spiro atoms. The Kier molecular flexibility index (Phi) is 6.68. The van der Waals surface area contributed by atoms with E-state index in [1.54, 1.807) is 13.0 Å². The van der Waals surface area contributed by atoms with E-state index in [0.29, 0.717) is 30.1 Å². The molecule has 6 nitrogen and oxygen atoms in total. The highest BCUT2D eigenvalue weighted by atomic mass is 35.5. The average Bonchev–Trinajstić information content (AvgIpc) is 3.10. The van der Waals surface area contributed by atoms with Gasteiger partial charge in [0.1, 0.15) is 5.69 Å². The molecule has 2 aliphatic rings. The Morgan fingerprint density at radius 3 is 2.52 bits per heavy atom. The Hall–Kier alpha value is -1.89. The number of aromatic amines is 1. The third-order valence-electron chi connectivity index (χ3n) is 5.42. The number of benzene rings is 1. The molecule has 2 aromatic rings. The number of aromatic nitrogens is 2. The van der Waals surface area contributed by atoms with Crippen molar-refractivity contribution in [3.05, 3.63) is 63.8 Å². The second-order valence-corrected chi connectivity index (χ2v) is 7.18. The molecule has 0 saturated carbocycles. The van der Waals surface area contributed by atoms with Crippen molar-refractivity contribution in [3.8, 4) is 0 Å². The van der Waals surface area contributed by atoms with Gasteiger partial charge in [-0.25, -0.2) is 4.79 Å². The van der Waals surface area contributed by atoms with Crippen LogP contribution in [0.5, 0.6) is 0 Å². The number of nitrogens with one attached hydrogen (secondary N) is 1. The summed E-state index contributed by atoms with van der Waals surface area (Å²) in [6.45, 7) is 4.18. The predicted octanol–water partition coefficient (Wildman–Crippen LogP) is 2.30. The fourth-order valence-electron chi connectivity index (χ4n) is 4.43. The monoisotopic (exact) mass is 410 g/mol. The Bertz CT molecular complexity index is 858. The summed E-state index contributed by atoms with van der Waals surface area (Å²) in [6.07, 6.45) is 0. The van der Waals surface area contributed by atoms with Gasteiger partial charge >= 0.3 is 5.69 Å². The first-order chi connectivity index (χ1) is 12.0. The minimum absolute atomic E-state index is 0. The van der Waals surface area contributed by atoms with Crippen molar-refractivity contribution >= 4 is 30.7 Å². The van der Waals surface area contributed by atoms with Crippen LogP contribution in [0.15, 0.2) is 41.2 Å². The van der Waals surface area contributed by atoms with Gasteiger partial charge in [0.05, 0.1) is 0 Å². The number of carbonyl (C=O) groups is 1. The topological polar surface area (TPSA) is 69.3 Å². The maximum atomic E-state index is 12.8. The quantitative estimate of drug-likeness (QED) is 0.824. The molecule has 4 rings (SSSR count). The van der Waals surface area contributed by atoms with Crippen molar-refractivity contribution in [3.63, 3.8) is 0 Å². The minimum atomic E-state index is -0.468. The molecular formula is C19H24Cl2N4O2. The van der Waals surface area contributed by atoms with Gasteiger partial charge in [-0.3, -0.25) is 9.69 Å². The van der Waals surface area contributed by atoms with E-state index in [1.807, 2.05) is 11.0 Å². The molecule has 0 bridgehead atoms. The molecule has 3 atom stereocenters. The zero-order valence-corrected chi connectivity index (χ0v) is 16.9. The first kappa shape index (κ1) is 21.4. The van der Waals surface area contributed by atoms with E-state index < -0.39 is 5.69 Å². The van der Waals surface area contributed by atoms with Gasteiger partial charge in [0.25, 0.3) is 5.91 Å². The van der Waals surface area contributed by atoms with Crippen LogP contribution in [0, 0.1) is 18.8 Å². The van der Waals surface area contributed by atoms with E-state index in [0.717, 1.165) is 13.1 Å².